The Hall–Kier alpha value is -3.26. The standard InChI is InChI=1S/C35H42N2/c1-8-23(3)28-17-13-14-18-32(28)37(27-15-11-10-12-16-27)33-22-35-30(19-26(33)6)31-21-29(24(4)9-2)25(5)20-34(31)36(35)7/h10-24,28,32H,8-9H2,1-7H3. The number of aromatic nitrogens is 1. The molecule has 4 unspecified atom stereocenters. The molecule has 4 atom stereocenters. The first-order chi connectivity index (χ1) is 17.8. The summed E-state index contributed by atoms with van der Waals surface area (Å²) < 4.78 is 2.40. The predicted octanol–water partition coefficient (Wildman–Crippen LogP) is 9.76. The van der Waals surface area contributed by atoms with E-state index in [9.17, 15) is 0 Å². The first-order valence-electron chi connectivity index (χ1n) is 14.1. The SMILES string of the molecule is CCC(C)c1cc2c3cc(C)c(N(c4ccccc4)C4C=CC=CC4C(C)CC)cc3n(C)c2cc1C. The molecule has 1 aliphatic carbocycles. The van der Waals surface area contributed by atoms with Gasteiger partial charge in [0.2, 0.25) is 0 Å². The van der Waals surface area contributed by atoms with Crippen molar-refractivity contribution < 1.29 is 0 Å². The lowest BCUT2D eigenvalue weighted by atomic mass is 9.81. The number of hydrogen-bond donors (Lipinski definition) is 0. The first-order valence-corrected chi connectivity index (χ1v) is 14.1. The van der Waals surface area contributed by atoms with E-state index >= 15 is 0 Å². The Bertz CT molecular complexity index is 1470. The number of rotatable bonds is 7. The molecule has 0 aliphatic heterocycles. The van der Waals surface area contributed by atoms with Crippen LogP contribution in [-0.2, 0) is 7.05 Å². The smallest absolute Gasteiger partial charge is 0.0590 e. The number of aryl methyl sites for hydroxylation is 3. The Morgan fingerprint density at radius 2 is 1.49 bits per heavy atom. The second-order valence-electron chi connectivity index (χ2n) is 11.2. The summed E-state index contributed by atoms with van der Waals surface area (Å²) in [7, 11) is 2.23. The van der Waals surface area contributed by atoms with E-state index in [1.165, 1.54) is 56.3 Å². The number of para-hydroxylation sites is 1. The van der Waals surface area contributed by atoms with Gasteiger partial charge in [-0.25, -0.2) is 0 Å². The Morgan fingerprint density at radius 3 is 2.19 bits per heavy atom. The maximum absolute atomic E-state index is 2.58. The molecule has 0 radical (unpaired) electrons. The zero-order valence-electron chi connectivity index (χ0n) is 23.6. The normalized spacial score (nSPS) is 19.0. The predicted molar refractivity (Wildman–Crippen MR) is 162 cm³/mol. The van der Waals surface area contributed by atoms with Crippen LogP contribution >= 0.6 is 0 Å². The molecule has 0 N–H and O–H groups in total. The van der Waals surface area contributed by atoms with E-state index in [4.69, 9.17) is 0 Å². The summed E-state index contributed by atoms with van der Waals surface area (Å²) in [5.74, 6) is 1.62. The monoisotopic (exact) mass is 490 g/mol. The minimum Gasteiger partial charge on any atom is -0.344 e. The van der Waals surface area contributed by atoms with E-state index < -0.39 is 0 Å². The van der Waals surface area contributed by atoms with Crippen LogP contribution in [0.15, 0.2) is 78.9 Å². The van der Waals surface area contributed by atoms with Crippen molar-refractivity contribution in [2.75, 3.05) is 4.90 Å². The van der Waals surface area contributed by atoms with Crippen molar-refractivity contribution >= 4 is 33.2 Å². The fourth-order valence-electron chi connectivity index (χ4n) is 6.25. The summed E-state index contributed by atoms with van der Waals surface area (Å²) >= 11 is 0. The molecule has 37 heavy (non-hydrogen) atoms. The molecule has 0 saturated carbocycles. The number of benzene rings is 3. The minimum absolute atomic E-state index is 0.271. The summed E-state index contributed by atoms with van der Waals surface area (Å²) in [6.07, 6.45) is 11.6. The Balaban J connectivity index is 1.74. The Kier molecular flexibility index (Phi) is 7.03. The van der Waals surface area contributed by atoms with Crippen LogP contribution in [0.5, 0.6) is 0 Å². The maximum Gasteiger partial charge on any atom is 0.0590 e. The van der Waals surface area contributed by atoms with Crippen LogP contribution in [-0.4, -0.2) is 10.6 Å². The molecule has 3 aromatic carbocycles. The fourth-order valence-corrected chi connectivity index (χ4v) is 6.25. The summed E-state index contributed by atoms with van der Waals surface area (Å²) in [4.78, 5) is 2.58. The van der Waals surface area contributed by atoms with Crippen LogP contribution in [0.25, 0.3) is 21.8 Å². The topological polar surface area (TPSA) is 8.17 Å². The highest BCUT2D eigenvalue weighted by Crippen LogP contribution is 2.41. The molecule has 192 valence electrons. The molecule has 1 heterocycles. The van der Waals surface area contributed by atoms with Crippen molar-refractivity contribution in [3.8, 4) is 0 Å². The summed E-state index contributed by atoms with van der Waals surface area (Å²) in [5.41, 5.74) is 9.35. The van der Waals surface area contributed by atoms with Gasteiger partial charge in [0.1, 0.15) is 0 Å². The number of fused-ring (bicyclic) bond motifs is 3. The molecule has 4 aromatic rings. The summed E-state index contributed by atoms with van der Waals surface area (Å²) in [6, 6.07) is 20.9. The average molecular weight is 491 g/mol. The molecule has 0 bridgehead atoms. The van der Waals surface area contributed by atoms with Gasteiger partial charge in [-0.3, -0.25) is 0 Å². The van der Waals surface area contributed by atoms with Crippen LogP contribution in [0.4, 0.5) is 11.4 Å². The number of nitrogens with zero attached hydrogens (tertiary/aromatic N) is 2. The third-order valence-corrected chi connectivity index (χ3v) is 8.89. The molecule has 0 spiro atoms. The number of hydrogen-bond acceptors (Lipinski definition) is 1. The molecule has 2 heteroatoms. The van der Waals surface area contributed by atoms with Gasteiger partial charge in [-0.2, -0.15) is 0 Å². The van der Waals surface area contributed by atoms with Crippen molar-refractivity contribution in [1.29, 1.82) is 0 Å². The third kappa shape index (κ3) is 4.41. The van der Waals surface area contributed by atoms with Crippen LogP contribution in [0.3, 0.4) is 0 Å². The van der Waals surface area contributed by atoms with Gasteiger partial charge in [0.15, 0.2) is 0 Å². The van der Waals surface area contributed by atoms with Crippen molar-refractivity contribution in [2.24, 2.45) is 18.9 Å². The van der Waals surface area contributed by atoms with Gasteiger partial charge >= 0.3 is 0 Å². The van der Waals surface area contributed by atoms with Crippen molar-refractivity contribution in [2.45, 2.75) is 66.3 Å². The molecule has 0 fully saturated rings. The molecule has 5 rings (SSSR count). The second-order valence-corrected chi connectivity index (χ2v) is 11.2. The van der Waals surface area contributed by atoms with E-state index in [2.05, 4.69) is 137 Å². The highest BCUT2D eigenvalue weighted by Gasteiger charge is 2.31. The summed E-state index contributed by atoms with van der Waals surface area (Å²) in [6.45, 7) is 13.9. The van der Waals surface area contributed by atoms with Crippen molar-refractivity contribution in [3.05, 3.63) is 95.6 Å². The number of allylic oxidation sites excluding steroid dienone is 2. The average Bonchev–Trinajstić information content (AvgIpc) is 3.18. The minimum atomic E-state index is 0.271. The van der Waals surface area contributed by atoms with Gasteiger partial charge in [-0.15, -0.1) is 0 Å². The molecule has 1 aliphatic rings. The van der Waals surface area contributed by atoms with Crippen LogP contribution in [0.2, 0.25) is 0 Å². The lowest BCUT2D eigenvalue weighted by Gasteiger charge is -2.40. The fraction of sp³-hybridized carbons (Fsp3) is 0.371. The third-order valence-electron chi connectivity index (χ3n) is 8.89. The Labute approximate surface area is 223 Å². The lowest BCUT2D eigenvalue weighted by molar-refractivity contribution is 0.380. The highest BCUT2D eigenvalue weighted by molar-refractivity contribution is 6.10. The van der Waals surface area contributed by atoms with E-state index in [0.29, 0.717) is 17.8 Å². The van der Waals surface area contributed by atoms with Gasteiger partial charge < -0.3 is 9.47 Å². The van der Waals surface area contributed by atoms with E-state index in [0.717, 1.165) is 6.42 Å². The van der Waals surface area contributed by atoms with Crippen LogP contribution in [0, 0.1) is 25.7 Å². The zero-order chi connectivity index (χ0) is 26.3. The van der Waals surface area contributed by atoms with Crippen LogP contribution < -0.4 is 4.90 Å². The summed E-state index contributed by atoms with van der Waals surface area (Å²) in [5, 5.41) is 2.73. The Morgan fingerprint density at radius 1 is 0.811 bits per heavy atom. The molecule has 0 amide bonds. The molecule has 2 nitrogen and oxygen atoms in total. The van der Waals surface area contributed by atoms with Crippen LogP contribution in [0.1, 0.15) is 63.1 Å². The number of anilines is 2. The van der Waals surface area contributed by atoms with Crippen molar-refractivity contribution in [1.82, 2.24) is 4.57 Å². The maximum atomic E-state index is 2.58. The largest absolute Gasteiger partial charge is 0.344 e. The molecule has 0 saturated heterocycles. The van der Waals surface area contributed by atoms with Gasteiger partial charge in [-0.1, -0.05) is 76.6 Å². The van der Waals surface area contributed by atoms with E-state index in [1.54, 1.807) is 0 Å². The lowest BCUT2D eigenvalue weighted by Crippen LogP contribution is -2.39. The van der Waals surface area contributed by atoms with E-state index in [-0.39, 0.29) is 6.04 Å². The molecular weight excluding hydrogens is 448 g/mol. The van der Waals surface area contributed by atoms with Gasteiger partial charge in [0.25, 0.3) is 0 Å². The van der Waals surface area contributed by atoms with Gasteiger partial charge in [-0.05, 0) is 85.2 Å². The van der Waals surface area contributed by atoms with Gasteiger partial charge in [0.05, 0.1) is 11.6 Å². The molecule has 1 aromatic heterocycles. The quantitative estimate of drug-likeness (QED) is 0.250. The zero-order valence-corrected chi connectivity index (χ0v) is 23.6. The van der Waals surface area contributed by atoms with Gasteiger partial charge in [0, 0.05) is 40.6 Å². The highest BCUT2D eigenvalue weighted by atomic mass is 15.2. The van der Waals surface area contributed by atoms with E-state index in [1.807, 2.05) is 0 Å². The van der Waals surface area contributed by atoms with Crippen molar-refractivity contribution in [3.63, 3.8) is 0 Å². The first kappa shape index (κ1) is 25.4. The second kappa shape index (κ2) is 10.2. The molecular formula is C35H42N2.